The average molecular weight is 197 g/mol. The second-order valence-corrected chi connectivity index (χ2v) is 3.50. The zero-order valence-electron chi connectivity index (χ0n) is 9.21. The van der Waals surface area contributed by atoms with E-state index in [0.29, 0.717) is 19.5 Å². The van der Waals surface area contributed by atoms with Crippen molar-refractivity contribution >= 4 is 5.91 Å². The second kappa shape index (κ2) is 7.34. The van der Waals surface area contributed by atoms with Crippen LogP contribution in [0.1, 0.15) is 20.3 Å². The zero-order valence-corrected chi connectivity index (χ0v) is 9.21. The van der Waals surface area contributed by atoms with E-state index >= 15 is 0 Å². The van der Waals surface area contributed by atoms with Gasteiger partial charge in [0.15, 0.2) is 0 Å². The van der Waals surface area contributed by atoms with Crippen LogP contribution in [-0.4, -0.2) is 37.5 Å². The fourth-order valence-electron chi connectivity index (χ4n) is 1.18. The van der Waals surface area contributed by atoms with Gasteiger partial charge in [-0.1, -0.05) is 0 Å². The molecule has 0 fully saturated rings. The van der Waals surface area contributed by atoms with Crippen LogP contribution in [0.25, 0.3) is 0 Å². The molecule has 14 heavy (non-hydrogen) atoms. The standard InChI is InChI=1S/C10H19N3O/c1-4-12-10(14)5-6-13(3)8-9(2)7-11/h9H,4-6,8H2,1-3H3,(H,12,14). The molecule has 0 spiro atoms. The van der Waals surface area contributed by atoms with E-state index in [-0.39, 0.29) is 11.8 Å². The molecule has 1 N–H and O–H groups in total. The van der Waals surface area contributed by atoms with Gasteiger partial charge in [0, 0.05) is 26.1 Å². The van der Waals surface area contributed by atoms with E-state index in [2.05, 4.69) is 11.4 Å². The van der Waals surface area contributed by atoms with Crippen molar-refractivity contribution in [1.82, 2.24) is 10.2 Å². The van der Waals surface area contributed by atoms with Crippen LogP contribution in [0, 0.1) is 17.2 Å². The summed E-state index contributed by atoms with van der Waals surface area (Å²) in [4.78, 5) is 13.1. The number of hydrogen-bond donors (Lipinski definition) is 1. The number of carbonyl (C=O) groups is 1. The third-order valence-electron chi connectivity index (χ3n) is 1.90. The second-order valence-electron chi connectivity index (χ2n) is 3.50. The molecule has 0 saturated carbocycles. The first-order chi connectivity index (χ1) is 6.60. The highest BCUT2D eigenvalue weighted by Gasteiger charge is 2.06. The minimum Gasteiger partial charge on any atom is -0.356 e. The van der Waals surface area contributed by atoms with E-state index in [1.54, 1.807) is 0 Å². The Morgan fingerprint density at radius 2 is 2.29 bits per heavy atom. The molecule has 0 aliphatic heterocycles. The molecule has 0 aromatic heterocycles. The number of amides is 1. The van der Waals surface area contributed by atoms with E-state index in [0.717, 1.165) is 6.54 Å². The SMILES string of the molecule is CCNC(=O)CCN(C)CC(C)C#N. The molecular weight excluding hydrogens is 178 g/mol. The highest BCUT2D eigenvalue weighted by molar-refractivity contribution is 5.75. The first kappa shape index (κ1) is 12.9. The quantitative estimate of drug-likeness (QED) is 0.678. The number of nitrogens with one attached hydrogen (secondary N) is 1. The van der Waals surface area contributed by atoms with Gasteiger partial charge in [0.1, 0.15) is 0 Å². The van der Waals surface area contributed by atoms with Crippen molar-refractivity contribution in [3.05, 3.63) is 0 Å². The van der Waals surface area contributed by atoms with Crippen LogP contribution < -0.4 is 5.32 Å². The van der Waals surface area contributed by atoms with Crippen molar-refractivity contribution in [2.24, 2.45) is 5.92 Å². The number of nitrogens with zero attached hydrogens (tertiary/aromatic N) is 2. The fourth-order valence-corrected chi connectivity index (χ4v) is 1.18. The smallest absolute Gasteiger partial charge is 0.221 e. The van der Waals surface area contributed by atoms with Gasteiger partial charge in [-0.15, -0.1) is 0 Å². The van der Waals surface area contributed by atoms with Crippen molar-refractivity contribution in [2.75, 3.05) is 26.7 Å². The third kappa shape index (κ3) is 6.44. The Kier molecular flexibility index (Phi) is 6.77. The summed E-state index contributed by atoms with van der Waals surface area (Å²) in [5.74, 6) is 0.0956. The van der Waals surface area contributed by atoms with Crippen LogP contribution in [0.5, 0.6) is 0 Å². The van der Waals surface area contributed by atoms with Gasteiger partial charge in [-0.3, -0.25) is 4.79 Å². The van der Waals surface area contributed by atoms with Gasteiger partial charge in [-0.25, -0.2) is 0 Å². The molecule has 80 valence electrons. The van der Waals surface area contributed by atoms with E-state index in [9.17, 15) is 4.79 Å². The molecule has 1 amide bonds. The maximum atomic E-state index is 11.1. The summed E-state index contributed by atoms with van der Waals surface area (Å²) in [5.41, 5.74) is 0. The van der Waals surface area contributed by atoms with Crippen LogP contribution >= 0.6 is 0 Å². The van der Waals surface area contributed by atoms with Crippen molar-refractivity contribution < 1.29 is 4.79 Å². The van der Waals surface area contributed by atoms with Crippen molar-refractivity contribution in [3.8, 4) is 6.07 Å². The highest BCUT2D eigenvalue weighted by atomic mass is 16.1. The predicted octanol–water partition coefficient (Wildman–Crippen LogP) is 0.604. The Morgan fingerprint density at radius 3 is 2.79 bits per heavy atom. The lowest BCUT2D eigenvalue weighted by Crippen LogP contribution is -2.30. The first-order valence-corrected chi connectivity index (χ1v) is 4.95. The lowest BCUT2D eigenvalue weighted by atomic mass is 10.2. The summed E-state index contributed by atoms with van der Waals surface area (Å²) < 4.78 is 0. The van der Waals surface area contributed by atoms with Crippen LogP contribution in [0.3, 0.4) is 0 Å². The van der Waals surface area contributed by atoms with Gasteiger partial charge >= 0.3 is 0 Å². The molecule has 0 aromatic rings. The van der Waals surface area contributed by atoms with E-state index in [1.807, 2.05) is 25.8 Å². The highest BCUT2D eigenvalue weighted by Crippen LogP contribution is 1.96. The van der Waals surface area contributed by atoms with E-state index < -0.39 is 0 Å². The van der Waals surface area contributed by atoms with Gasteiger partial charge in [0.05, 0.1) is 12.0 Å². The lowest BCUT2D eigenvalue weighted by molar-refractivity contribution is -0.121. The molecule has 0 radical (unpaired) electrons. The van der Waals surface area contributed by atoms with Crippen molar-refractivity contribution in [1.29, 1.82) is 5.26 Å². The Labute approximate surface area is 85.9 Å². The fraction of sp³-hybridized carbons (Fsp3) is 0.800. The molecule has 1 atom stereocenters. The first-order valence-electron chi connectivity index (χ1n) is 4.95. The Hall–Kier alpha value is -1.08. The minimum atomic E-state index is 0.0224. The Morgan fingerprint density at radius 1 is 1.64 bits per heavy atom. The molecule has 0 saturated heterocycles. The van der Waals surface area contributed by atoms with Crippen LogP contribution in [0.2, 0.25) is 0 Å². The van der Waals surface area contributed by atoms with Gasteiger partial charge < -0.3 is 10.2 Å². The molecular formula is C10H19N3O. The monoisotopic (exact) mass is 197 g/mol. The maximum absolute atomic E-state index is 11.1. The number of hydrogen-bond acceptors (Lipinski definition) is 3. The summed E-state index contributed by atoms with van der Waals surface area (Å²) in [7, 11) is 1.92. The van der Waals surface area contributed by atoms with Gasteiger partial charge in [-0.05, 0) is 20.9 Å². The topological polar surface area (TPSA) is 56.1 Å². The molecule has 0 aliphatic rings. The summed E-state index contributed by atoms with van der Waals surface area (Å²) in [6, 6.07) is 2.17. The van der Waals surface area contributed by atoms with Gasteiger partial charge in [0.2, 0.25) is 5.91 Å². The predicted molar refractivity (Wildman–Crippen MR) is 55.6 cm³/mol. The number of carbonyl (C=O) groups excluding carboxylic acids is 1. The van der Waals surface area contributed by atoms with E-state index in [4.69, 9.17) is 5.26 Å². The molecule has 0 rings (SSSR count). The van der Waals surface area contributed by atoms with E-state index in [1.165, 1.54) is 0 Å². The van der Waals surface area contributed by atoms with Gasteiger partial charge in [0.25, 0.3) is 0 Å². The number of nitriles is 1. The van der Waals surface area contributed by atoms with Gasteiger partial charge in [-0.2, -0.15) is 5.26 Å². The molecule has 1 unspecified atom stereocenters. The summed E-state index contributed by atoms with van der Waals surface area (Å²) >= 11 is 0. The minimum absolute atomic E-state index is 0.0224. The maximum Gasteiger partial charge on any atom is 0.221 e. The van der Waals surface area contributed by atoms with Crippen LogP contribution in [0.4, 0.5) is 0 Å². The molecule has 0 aromatic carbocycles. The zero-order chi connectivity index (χ0) is 11.0. The molecule has 4 heteroatoms. The van der Waals surface area contributed by atoms with Crippen LogP contribution in [-0.2, 0) is 4.79 Å². The lowest BCUT2D eigenvalue weighted by Gasteiger charge is -2.16. The summed E-state index contributed by atoms with van der Waals surface area (Å²) in [5, 5.41) is 11.3. The summed E-state index contributed by atoms with van der Waals surface area (Å²) in [6.07, 6.45) is 0.502. The normalized spacial score (nSPS) is 12.2. The summed E-state index contributed by atoms with van der Waals surface area (Å²) in [6.45, 7) is 5.88. The molecule has 0 heterocycles. The number of rotatable bonds is 6. The molecule has 4 nitrogen and oxygen atoms in total. The van der Waals surface area contributed by atoms with Crippen molar-refractivity contribution in [3.63, 3.8) is 0 Å². The third-order valence-corrected chi connectivity index (χ3v) is 1.90. The Balaban J connectivity index is 3.59. The molecule has 0 bridgehead atoms. The molecule has 0 aliphatic carbocycles. The van der Waals surface area contributed by atoms with Crippen molar-refractivity contribution in [2.45, 2.75) is 20.3 Å². The van der Waals surface area contributed by atoms with Crippen LogP contribution in [0.15, 0.2) is 0 Å². The largest absolute Gasteiger partial charge is 0.356 e. The Bertz CT molecular complexity index is 210. The average Bonchev–Trinajstić information content (AvgIpc) is 2.15.